The number of aryl methyl sites for hydroxylation is 3. The number of hydrogen-bond donors (Lipinski definition) is 2. The Morgan fingerprint density at radius 2 is 1.84 bits per heavy atom. The molecule has 0 amide bonds. The number of aldehydes is 1. The standard InChI is InChI=1S/C15H16N2O2/c1-9-4-5-10(2)13(6-9)17-14-7-11(3)16-15(19)12(14)8-18/h4-8H,1-3H3,(H2,16,17,19). The van der Waals surface area contributed by atoms with Crippen molar-refractivity contribution in [2.45, 2.75) is 20.8 Å². The summed E-state index contributed by atoms with van der Waals surface area (Å²) >= 11 is 0. The summed E-state index contributed by atoms with van der Waals surface area (Å²) in [5.41, 5.74) is 4.05. The van der Waals surface area contributed by atoms with Crippen molar-refractivity contribution in [3.05, 3.63) is 57.0 Å². The highest BCUT2D eigenvalue weighted by atomic mass is 16.1. The summed E-state index contributed by atoms with van der Waals surface area (Å²) in [6.45, 7) is 5.75. The lowest BCUT2D eigenvalue weighted by molar-refractivity contribution is 0.112. The zero-order valence-corrected chi connectivity index (χ0v) is 11.2. The lowest BCUT2D eigenvalue weighted by Gasteiger charge is -2.12. The number of hydrogen-bond acceptors (Lipinski definition) is 3. The fourth-order valence-corrected chi connectivity index (χ4v) is 1.94. The molecule has 2 rings (SSSR count). The molecule has 1 heterocycles. The first kappa shape index (κ1) is 13.1. The maximum atomic E-state index is 11.7. The number of benzene rings is 1. The second-order valence-electron chi connectivity index (χ2n) is 4.67. The molecule has 0 radical (unpaired) electrons. The van der Waals surface area contributed by atoms with Crippen LogP contribution in [-0.2, 0) is 0 Å². The number of rotatable bonds is 3. The number of anilines is 2. The summed E-state index contributed by atoms with van der Waals surface area (Å²) in [6.07, 6.45) is 0.575. The van der Waals surface area contributed by atoms with E-state index in [0.717, 1.165) is 16.8 Å². The van der Waals surface area contributed by atoms with Gasteiger partial charge in [-0.25, -0.2) is 0 Å². The van der Waals surface area contributed by atoms with Gasteiger partial charge in [0.2, 0.25) is 0 Å². The molecule has 0 aliphatic rings. The highest BCUT2D eigenvalue weighted by Gasteiger charge is 2.09. The molecule has 0 saturated heterocycles. The number of H-pyrrole nitrogens is 1. The van der Waals surface area contributed by atoms with Gasteiger partial charge in [-0.3, -0.25) is 9.59 Å². The van der Waals surface area contributed by atoms with Crippen LogP contribution in [0.4, 0.5) is 11.4 Å². The average Bonchev–Trinajstić information content (AvgIpc) is 2.33. The van der Waals surface area contributed by atoms with Gasteiger partial charge in [0.1, 0.15) is 5.56 Å². The van der Waals surface area contributed by atoms with E-state index in [2.05, 4.69) is 10.3 Å². The Labute approximate surface area is 111 Å². The second kappa shape index (κ2) is 5.10. The number of carbonyl (C=O) groups is 1. The molecular formula is C15H16N2O2. The van der Waals surface area contributed by atoms with Crippen LogP contribution >= 0.6 is 0 Å². The highest BCUT2D eigenvalue weighted by molar-refractivity contribution is 5.85. The van der Waals surface area contributed by atoms with E-state index < -0.39 is 0 Å². The smallest absolute Gasteiger partial charge is 0.260 e. The van der Waals surface area contributed by atoms with E-state index >= 15 is 0 Å². The van der Waals surface area contributed by atoms with Gasteiger partial charge >= 0.3 is 0 Å². The van der Waals surface area contributed by atoms with Gasteiger partial charge < -0.3 is 10.3 Å². The van der Waals surface area contributed by atoms with Crippen LogP contribution in [0.3, 0.4) is 0 Å². The molecule has 4 nitrogen and oxygen atoms in total. The molecule has 0 atom stereocenters. The van der Waals surface area contributed by atoms with E-state index in [1.165, 1.54) is 0 Å². The van der Waals surface area contributed by atoms with Crippen LogP contribution < -0.4 is 10.9 Å². The van der Waals surface area contributed by atoms with Gasteiger partial charge in [-0.15, -0.1) is 0 Å². The van der Waals surface area contributed by atoms with Gasteiger partial charge in [0, 0.05) is 11.4 Å². The average molecular weight is 256 g/mol. The van der Waals surface area contributed by atoms with Gasteiger partial charge in [0.05, 0.1) is 5.69 Å². The zero-order chi connectivity index (χ0) is 14.0. The monoisotopic (exact) mass is 256 g/mol. The molecule has 1 aromatic carbocycles. The Morgan fingerprint density at radius 1 is 1.11 bits per heavy atom. The number of carbonyl (C=O) groups excluding carboxylic acids is 1. The summed E-state index contributed by atoms with van der Waals surface area (Å²) in [4.78, 5) is 25.4. The van der Waals surface area contributed by atoms with Crippen LogP contribution in [0.15, 0.2) is 29.1 Å². The molecule has 2 aromatic rings. The summed E-state index contributed by atoms with van der Waals surface area (Å²) in [7, 11) is 0. The van der Waals surface area contributed by atoms with Gasteiger partial charge in [0.25, 0.3) is 5.56 Å². The number of nitrogens with one attached hydrogen (secondary N) is 2. The van der Waals surface area contributed by atoms with Crippen molar-refractivity contribution in [3.8, 4) is 0 Å². The van der Waals surface area contributed by atoms with E-state index in [-0.39, 0.29) is 11.1 Å². The normalized spacial score (nSPS) is 10.3. The Morgan fingerprint density at radius 3 is 2.53 bits per heavy atom. The lowest BCUT2D eigenvalue weighted by Crippen LogP contribution is -2.15. The van der Waals surface area contributed by atoms with Crippen molar-refractivity contribution in [3.63, 3.8) is 0 Å². The fourth-order valence-electron chi connectivity index (χ4n) is 1.94. The molecule has 0 aliphatic carbocycles. The fraction of sp³-hybridized carbons (Fsp3) is 0.200. The number of aromatic amines is 1. The zero-order valence-electron chi connectivity index (χ0n) is 11.2. The molecule has 1 aromatic heterocycles. The second-order valence-corrected chi connectivity index (χ2v) is 4.67. The Bertz CT molecular complexity index is 687. The topological polar surface area (TPSA) is 62.0 Å². The number of aromatic nitrogens is 1. The van der Waals surface area contributed by atoms with Crippen molar-refractivity contribution in [2.24, 2.45) is 0 Å². The van der Waals surface area contributed by atoms with Gasteiger partial charge in [-0.1, -0.05) is 12.1 Å². The molecule has 0 unspecified atom stereocenters. The Kier molecular flexibility index (Phi) is 3.51. The van der Waals surface area contributed by atoms with Crippen LogP contribution in [0.5, 0.6) is 0 Å². The summed E-state index contributed by atoms with van der Waals surface area (Å²) in [5.74, 6) is 0. The SMILES string of the molecule is Cc1ccc(C)c(Nc2cc(C)[nH]c(=O)c2C=O)c1. The van der Waals surface area contributed by atoms with E-state index in [1.54, 1.807) is 13.0 Å². The van der Waals surface area contributed by atoms with Crippen LogP contribution in [0.25, 0.3) is 0 Å². The first-order valence-electron chi connectivity index (χ1n) is 6.04. The first-order valence-corrected chi connectivity index (χ1v) is 6.04. The minimum atomic E-state index is -0.372. The maximum Gasteiger partial charge on any atom is 0.260 e. The van der Waals surface area contributed by atoms with E-state index in [4.69, 9.17) is 0 Å². The first-order chi connectivity index (χ1) is 9.01. The third-order valence-electron chi connectivity index (χ3n) is 2.99. The van der Waals surface area contributed by atoms with Crippen LogP contribution in [0.1, 0.15) is 27.2 Å². The molecule has 0 saturated carbocycles. The summed E-state index contributed by atoms with van der Waals surface area (Å²) < 4.78 is 0. The van der Waals surface area contributed by atoms with Crippen LogP contribution in [0.2, 0.25) is 0 Å². The minimum Gasteiger partial charge on any atom is -0.354 e. The molecule has 0 bridgehead atoms. The van der Waals surface area contributed by atoms with Gasteiger partial charge in [0.15, 0.2) is 6.29 Å². The Balaban J connectivity index is 2.51. The maximum absolute atomic E-state index is 11.7. The highest BCUT2D eigenvalue weighted by Crippen LogP contribution is 2.22. The molecule has 0 aliphatic heterocycles. The van der Waals surface area contributed by atoms with Crippen LogP contribution in [-0.4, -0.2) is 11.3 Å². The predicted octanol–water partition coefficient (Wildman–Crippen LogP) is 2.86. The largest absolute Gasteiger partial charge is 0.354 e. The van der Waals surface area contributed by atoms with Crippen LogP contribution in [0, 0.1) is 20.8 Å². The molecule has 0 spiro atoms. The van der Waals surface area contributed by atoms with Crippen molar-refractivity contribution < 1.29 is 4.79 Å². The third-order valence-corrected chi connectivity index (χ3v) is 2.99. The number of pyridine rings is 1. The van der Waals surface area contributed by atoms with Crippen molar-refractivity contribution in [1.82, 2.24) is 4.98 Å². The summed E-state index contributed by atoms with van der Waals surface area (Å²) in [5, 5.41) is 3.16. The van der Waals surface area contributed by atoms with Gasteiger partial charge in [-0.2, -0.15) is 0 Å². The van der Waals surface area contributed by atoms with Crippen molar-refractivity contribution in [2.75, 3.05) is 5.32 Å². The van der Waals surface area contributed by atoms with E-state index in [0.29, 0.717) is 17.7 Å². The minimum absolute atomic E-state index is 0.117. The summed E-state index contributed by atoms with van der Waals surface area (Å²) in [6, 6.07) is 7.76. The van der Waals surface area contributed by atoms with E-state index in [1.807, 2.05) is 32.0 Å². The molecule has 4 heteroatoms. The van der Waals surface area contributed by atoms with Crippen molar-refractivity contribution >= 4 is 17.7 Å². The molecular weight excluding hydrogens is 240 g/mol. The molecule has 0 fully saturated rings. The Hall–Kier alpha value is -2.36. The predicted molar refractivity (Wildman–Crippen MR) is 76.4 cm³/mol. The van der Waals surface area contributed by atoms with Gasteiger partial charge in [-0.05, 0) is 44.0 Å². The molecule has 2 N–H and O–H groups in total. The molecule has 98 valence electrons. The molecule has 19 heavy (non-hydrogen) atoms. The third kappa shape index (κ3) is 2.73. The quantitative estimate of drug-likeness (QED) is 0.830. The van der Waals surface area contributed by atoms with Crippen molar-refractivity contribution in [1.29, 1.82) is 0 Å². The lowest BCUT2D eigenvalue weighted by atomic mass is 10.1. The van der Waals surface area contributed by atoms with E-state index in [9.17, 15) is 9.59 Å².